The standard InChI is InChI=1S/C20H25FN2O2/c1-15-5-2-3-13-23(15)14-4-12-22-20(24)19-11-10-18(25-19)16-6-8-17(21)9-7-16/h6-11,15H,2-5,12-14H2,1H3,(H,22,24)/p+1/t15-/m1/s1. The number of carbonyl (C=O) groups is 1. The van der Waals surface area contributed by atoms with E-state index in [2.05, 4.69) is 12.2 Å². The zero-order valence-corrected chi connectivity index (χ0v) is 14.7. The van der Waals surface area contributed by atoms with Crippen LogP contribution in [0.2, 0.25) is 0 Å². The summed E-state index contributed by atoms with van der Waals surface area (Å²) in [7, 11) is 0. The van der Waals surface area contributed by atoms with Crippen molar-refractivity contribution >= 4 is 5.91 Å². The van der Waals surface area contributed by atoms with Crippen molar-refractivity contribution in [1.82, 2.24) is 5.32 Å². The summed E-state index contributed by atoms with van der Waals surface area (Å²) in [6.07, 6.45) is 4.93. The number of amides is 1. The lowest BCUT2D eigenvalue weighted by molar-refractivity contribution is -0.928. The Morgan fingerprint density at radius 1 is 1.24 bits per heavy atom. The molecule has 1 fully saturated rings. The number of hydrogen-bond donors (Lipinski definition) is 2. The predicted molar refractivity (Wildman–Crippen MR) is 95.1 cm³/mol. The predicted octanol–water partition coefficient (Wildman–Crippen LogP) is 2.66. The van der Waals surface area contributed by atoms with Gasteiger partial charge in [-0.3, -0.25) is 4.79 Å². The highest BCUT2D eigenvalue weighted by molar-refractivity contribution is 5.92. The molecular weight excluding hydrogens is 319 g/mol. The maximum Gasteiger partial charge on any atom is 0.287 e. The van der Waals surface area contributed by atoms with E-state index in [1.807, 2.05) is 0 Å². The van der Waals surface area contributed by atoms with Crippen LogP contribution in [0.3, 0.4) is 0 Å². The Morgan fingerprint density at radius 2 is 2.04 bits per heavy atom. The van der Waals surface area contributed by atoms with Gasteiger partial charge in [0.05, 0.1) is 19.1 Å². The minimum Gasteiger partial charge on any atom is -0.451 e. The van der Waals surface area contributed by atoms with E-state index in [1.54, 1.807) is 29.2 Å². The molecule has 0 spiro atoms. The normalized spacial score (nSPS) is 20.4. The summed E-state index contributed by atoms with van der Waals surface area (Å²) in [6.45, 7) is 5.31. The van der Waals surface area contributed by atoms with Crippen LogP contribution in [0.25, 0.3) is 11.3 Å². The molecule has 2 atom stereocenters. The summed E-state index contributed by atoms with van der Waals surface area (Å²) in [5.74, 6) is 0.364. The molecule has 1 aromatic heterocycles. The molecule has 0 radical (unpaired) electrons. The Morgan fingerprint density at radius 3 is 2.80 bits per heavy atom. The number of hydrogen-bond acceptors (Lipinski definition) is 2. The fourth-order valence-electron chi connectivity index (χ4n) is 3.46. The van der Waals surface area contributed by atoms with Gasteiger partial charge in [0.1, 0.15) is 11.6 Å². The summed E-state index contributed by atoms with van der Waals surface area (Å²) in [6, 6.07) is 10.2. The quantitative estimate of drug-likeness (QED) is 0.791. The first-order chi connectivity index (χ1) is 12.1. The second kappa shape index (κ2) is 8.30. The van der Waals surface area contributed by atoms with Crippen molar-refractivity contribution in [3.63, 3.8) is 0 Å². The van der Waals surface area contributed by atoms with Crippen molar-refractivity contribution < 1.29 is 18.5 Å². The van der Waals surface area contributed by atoms with Crippen molar-refractivity contribution in [2.24, 2.45) is 0 Å². The SMILES string of the molecule is C[C@@H]1CCCC[NH+]1CCCNC(=O)c1ccc(-c2ccc(F)cc2)o1. The van der Waals surface area contributed by atoms with E-state index in [9.17, 15) is 9.18 Å². The third kappa shape index (κ3) is 4.69. The maximum atomic E-state index is 13.0. The molecule has 25 heavy (non-hydrogen) atoms. The van der Waals surface area contributed by atoms with E-state index in [0.717, 1.165) is 24.6 Å². The number of likely N-dealkylation sites (tertiary alicyclic amines) is 1. The molecule has 1 aliphatic rings. The summed E-state index contributed by atoms with van der Waals surface area (Å²) >= 11 is 0. The third-order valence-electron chi connectivity index (χ3n) is 5.00. The van der Waals surface area contributed by atoms with Crippen LogP contribution in [0.15, 0.2) is 40.8 Å². The van der Waals surface area contributed by atoms with Gasteiger partial charge in [-0.2, -0.15) is 0 Å². The fourth-order valence-corrected chi connectivity index (χ4v) is 3.46. The molecule has 1 unspecified atom stereocenters. The van der Waals surface area contributed by atoms with Gasteiger partial charge in [0.2, 0.25) is 0 Å². The van der Waals surface area contributed by atoms with Gasteiger partial charge in [0.25, 0.3) is 5.91 Å². The highest BCUT2D eigenvalue weighted by Gasteiger charge is 2.21. The molecule has 134 valence electrons. The van der Waals surface area contributed by atoms with Crippen LogP contribution in [0.1, 0.15) is 43.2 Å². The maximum absolute atomic E-state index is 13.0. The van der Waals surface area contributed by atoms with Gasteiger partial charge < -0.3 is 14.6 Å². The Hall–Kier alpha value is -2.14. The monoisotopic (exact) mass is 345 g/mol. The number of piperidine rings is 1. The summed E-state index contributed by atoms with van der Waals surface area (Å²) in [4.78, 5) is 13.8. The number of furan rings is 1. The summed E-state index contributed by atoms with van der Waals surface area (Å²) in [5.41, 5.74) is 0.753. The number of rotatable bonds is 6. The van der Waals surface area contributed by atoms with Gasteiger partial charge in [0.15, 0.2) is 5.76 Å². The zero-order valence-electron chi connectivity index (χ0n) is 14.7. The largest absolute Gasteiger partial charge is 0.451 e. The average Bonchev–Trinajstić information content (AvgIpc) is 3.11. The third-order valence-corrected chi connectivity index (χ3v) is 5.00. The minimum absolute atomic E-state index is 0.199. The fraction of sp³-hybridized carbons (Fsp3) is 0.450. The first-order valence-corrected chi connectivity index (χ1v) is 9.12. The average molecular weight is 345 g/mol. The van der Waals surface area contributed by atoms with Crippen molar-refractivity contribution in [1.29, 1.82) is 0 Å². The molecule has 0 aliphatic carbocycles. The number of carbonyl (C=O) groups excluding carboxylic acids is 1. The molecule has 1 aromatic carbocycles. The smallest absolute Gasteiger partial charge is 0.287 e. The van der Waals surface area contributed by atoms with E-state index < -0.39 is 0 Å². The van der Waals surface area contributed by atoms with Crippen molar-refractivity contribution in [3.8, 4) is 11.3 Å². The van der Waals surface area contributed by atoms with Gasteiger partial charge >= 0.3 is 0 Å². The Labute approximate surface area is 148 Å². The van der Waals surface area contributed by atoms with Crippen LogP contribution in [0.4, 0.5) is 4.39 Å². The van der Waals surface area contributed by atoms with Crippen LogP contribution in [-0.2, 0) is 0 Å². The van der Waals surface area contributed by atoms with Gasteiger partial charge in [-0.05, 0) is 62.6 Å². The molecule has 1 aliphatic heterocycles. The molecule has 5 heteroatoms. The van der Waals surface area contributed by atoms with Crippen molar-refractivity contribution in [2.45, 2.75) is 38.6 Å². The molecule has 2 aromatic rings. The number of quaternary nitrogens is 1. The van der Waals surface area contributed by atoms with E-state index in [-0.39, 0.29) is 17.5 Å². The van der Waals surface area contributed by atoms with E-state index in [0.29, 0.717) is 12.3 Å². The van der Waals surface area contributed by atoms with Gasteiger partial charge in [-0.1, -0.05) is 0 Å². The van der Waals surface area contributed by atoms with Gasteiger partial charge in [-0.15, -0.1) is 0 Å². The van der Waals surface area contributed by atoms with Crippen LogP contribution in [0.5, 0.6) is 0 Å². The van der Waals surface area contributed by atoms with Crippen LogP contribution in [-0.4, -0.2) is 31.6 Å². The summed E-state index contributed by atoms with van der Waals surface area (Å²) < 4.78 is 18.6. The Bertz CT molecular complexity index is 696. The summed E-state index contributed by atoms with van der Waals surface area (Å²) in [5, 5.41) is 2.92. The lowest BCUT2D eigenvalue weighted by Gasteiger charge is -2.30. The molecule has 1 saturated heterocycles. The first kappa shape index (κ1) is 17.7. The first-order valence-electron chi connectivity index (χ1n) is 9.12. The molecule has 0 saturated carbocycles. The topological polar surface area (TPSA) is 46.7 Å². The molecule has 4 nitrogen and oxygen atoms in total. The van der Waals surface area contributed by atoms with Crippen LogP contribution in [0, 0.1) is 5.82 Å². The minimum atomic E-state index is -0.293. The van der Waals surface area contributed by atoms with E-state index in [1.165, 1.54) is 37.9 Å². The number of halogens is 1. The highest BCUT2D eigenvalue weighted by atomic mass is 19.1. The van der Waals surface area contributed by atoms with Crippen LogP contribution >= 0.6 is 0 Å². The highest BCUT2D eigenvalue weighted by Crippen LogP contribution is 2.22. The number of benzene rings is 1. The Kier molecular flexibility index (Phi) is 5.87. The molecular formula is C20H26FN2O2+. The Balaban J connectivity index is 1.46. The molecule has 2 heterocycles. The lowest BCUT2D eigenvalue weighted by Crippen LogP contribution is -3.16. The second-order valence-corrected chi connectivity index (χ2v) is 6.84. The van der Waals surface area contributed by atoms with Crippen LogP contribution < -0.4 is 10.2 Å². The van der Waals surface area contributed by atoms with Crippen molar-refractivity contribution in [3.05, 3.63) is 48.0 Å². The molecule has 0 bridgehead atoms. The molecule has 2 N–H and O–H groups in total. The molecule has 3 rings (SSSR count). The second-order valence-electron chi connectivity index (χ2n) is 6.84. The molecule has 1 amide bonds. The van der Waals surface area contributed by atoms with Crippen molar-refractivity contribution in [2.75, 3.05) is 19.6 Å². The van der Waals surface area contributed by atoms with E-state index >= 15 is 0 Å². The zero-order chi connectivity index (χ0) is 17.6. The van der Waals surface area contributed by atoms with E-state index in [4.69, 9.17) is 4.42 Å². The number of nitrogens with one attached hydrogen (secondary N) is 2. The van der Waals surface area contributed by atoms with Gasteiger partial charge in [0, 0.05) is 18.5 Å². The lowest BCUT2D eigenvalue weighted by atomic mass is 10.0. The van der Waals surface area contributed by atoms with Gasteiger partial charge in [-0.25, -0.2) is 4.39 Å².